The van der Waals surface area contributed by atoms with Gasteiger partial charge >= 0.3 is 6.61 Å². The highest BCUT2D eigenvalue weighted by Crippen LogP contribution is 1.94. The second-order valence-electron chi connectivity index (χ2n) is 2.05. The van der Waals surface area contributed by atoms with Crippen LogP contribution < -0.4 is 0 Å². The van der Waals surface area contributed by atoms with E-state index in [0.29, 0.717) is 0 Å². The predicted octanol–water partition coefficient (Wildman–Crippen LogP) is 1.65. The van der Waals surface area contributed by atoms with Crippen LogP contribution in [0.2, 0.25) is 0 Å². The Balaban J connectivity index is 2.91. The third-order valence-corrected chi connectivity index (χ3v) is 0.778. The molecule has 10 heavy (non-hydrogen) atoms. The van der Waals surface area contributed by atoms with Gasteiger partial charge in [0.15, 0.2) is 0 Å². The molecule has 0 aliphatic carbocycles. The largest absolute Gasteiger partial charge is 0.376 e. The summed E-state index contributed by atoms with van der Waals surface area (Å²) in [7, 11) is 0. The van der Waals surface area contributed by atoms with Gasteiger partial charge in [-0.3, -0.25) is 0 Å². The molecule has 0 aromatic rings. The molecule has 0 aromatic heterocycles. The minimum atomic E-state index is -2.68. The molecule has 0 amide bonds. The Kier molecular flexibility index (Phi) is 5.43. The highest BCUT2D eigenvalue weighted by atomic mass is 19.3. The lowest BCUT2D eigenvalue weighted by Gasteiger charge is -2.06. The zero-order chi connectivity index (χ0) is 7.98. The fourth-order valence-corrected chi connectivity index (χ4v) is 0.421. The van der Waals surface area contributed by atoms with Crippen molar-refractivity contribution in [1.29, 1.82) is 0 Å². The maximum Gasteiger partial charge on any atom is 0.345 e. The molecule has 0 rings (SSSR count). The first-order chi connectivity index (χ1) is 4.63. The molecule has 0 atom stereocenters. The summed E-state index contributed by atoms with van der Waals surface area (Å²) in [5.41, 5.74) is 0. The van der Waals surface area contributed by atoms with Crippen LogP contribution in [0.25, 0.3) is 0 Å². The number of hydrogen-bond acceptors (Lipinski definition) is 2. The van der Waals surface area contributed by atoms with Gasteiger partial charge in [-0.15, -0.1) is 0 Å². The van der Waals surface area contributed by atoms with E-state index in [0.717, 1.165) is 0 Å². The summed E-state index contributed by atoms with van der Waals surface area (Å²) in [5.74, 6) is 0. The summed E-state index contributed by atoms with van der Waals surface area (Å²) in [5, 5.41) is 0. The van der Waals surface area contributed by atoms with Crippen molar-refractivity contribution >= 4 is 0 Å². The smallest absolute Gasteiger partial charge is 0.345 e. The van der Waals surface area contributed by atoms with Crippen molar-refractivity contribution in [3.8, 4) is 0 Å². The zero-order valence-electron chi connectivity index (χ0n) is 6.14. The van der Waals surface area contributed by atoms with Crippen LogP contribution in [0.5, 0.6) is 0 Å². The van der Waals surface area contributed by atoms with E-state index in [1.54, 1.807) is 0 Å². The SMILES string of the molecule is CC(C)OCCOC(F)F. The zero-order valence-corrected chi connectivity index (χ0v) is 6.14. The lowest BCUT2D eigenvalue weighted by molar-refractivity contribution is -0.141. The van der Waals surface area contributed by atoms with E-state index in [4.69, 9.17) is 4.74 Å². The normalized spacial score (nSPS) is 11.4. The first kappa shape index (κ1) is 9.78. The van der Waals surface area contributed by atoms with Crippen LogP contribution >= 0.6 is 0 Å². The van der Waals surface area contributed by atoms with Gasteiger partial charge in [0, 0.05) is 0 Å². The molecule has 62 valence electrons. The monoisotopic (exact) mass is 154 g/mol. The molecule has 0 unspecified atom stereocenters. The van der Waals surface area contributed by atoms with Crippen LogP contribution in [0.3, 0.4) is 0 Å². The first-order valence-corrected chi connectivity index (χ1v) is 3.14. The second kappa shape index (κ2) is 5.56. The van der Waals surface area contributed by atoms with E-state index in [1.165, 1.54) is 0 Å². The molecule has 0 aliphatic heterocycles. The molecule has 0 bridgehead atoms. The highest BCUT2D eigenvalue weighted by molar-refractivity contribution is 4.35. The van der Waals surface area contributed by atoms with Gasteiger partial charge in [-0.05, 0) is 13.8 Å². The van der Waals surface area contributed by atoms with Gasteiger partial charge in [0.1, 0.15) is 0 Å². The summed E-state index contributed by atoms with van der Waals surface area (Å²) in [6.45, 7) is 1.17. The van der Waals surface area contributed by atoms with Crippen molar-refractivity contribution in [3.63, 3.8) is 0 Å². The molecule has 2 nitrogen and oxygen atoms in total. The lowest BCUT2D eigenvalue weighted by atomic mass is 10.5. The van der Waals surface area contributed by atoms with Crippen molar-refractivity contribution in [2.75, 3.05) is 13.2 Å². The minimum absolute atomic E-state index is 0.0458. The number of rotatable bonds is 5. The van der Waals surface area contributed by atoms with Crippen molar-refractivity contribution < 1.29 is 18.3 Å². The summed E-state index contributed by atoms with van der Waals surface area (Å²) in [4.78, 5) is 0. The molecule has 0 spiro atoms. The third kappa shape index (κ3) is 7.78. The van der Waals surface area contributed by atoms with E-state index in [2.05, 4.69) is 4.74 Å². The molecule has 0 saturated heterocycles. The van der Waals surface area contributed by atoms with Gasteiger partial charge in [0.2, 0.25) is 0 Å². The van der Waals surface area contributed by atoms with E-state index in [-0.39, 0.29) is 19.3 Å². The van der Waals surface area contributed by atoms with E-state index in [1.807, 2.05) is 13.8 Å². The topological polar surface area (TPSA) is 18.5 Å². The molecule has 0 aliphatic rings. The quantitative estimate of drug-likeness (QED) is 0.560. The Morgan fingerprint density at radius 3 is 2.00 bits per heavy atom. The molecular weight excluding hydrogens is 142 g/mol. The van der Waals surface area contributed by atoms with Crippen LogP contribution in [0.1, 0.15) is 13.8 Å². The molecule has 0 aromatic carbocycles. The molecular formula is C6H12F2O2. The van der Waals surface area contributed by atoms with Gasteiger partial charge in [-0.25, -0.2) is 0 Å². The van der Waals surface area contributed by atoms with Crippen molar-refractivity contribution in [1.82, 2.24) is 0 Å². The maximum atomic E-state index is 11.3. The van der Waals surface area contributed by atoms with Crippen LogP contribution in [0.4, 0.5) is 8.78 Å². The highest BCUT2D eigenvalue weighted by Gasteiger charge is 2.00. The van der Waals surface area contributed by atoms with E-state index in [9.17, 15) is 8.78 Å². The first-order valence-electron chi connectivity index (χ1n) is 3.14. The molecule has 0 N–H and O–H groups in total. The van der Waals surface area contributed by atoms with Gasteiger partial charge in [-0.1, -0.05) is 0 Å². The van der Waals surface area contributed by atoms with Crippen molar-refractivity contribution in [2.24, 2.45) is 0 Å². The van der Waals surface area contributed by atoms with Crippen molar-refractivity contribution in [2.45, 2.75) is 26.6 Å². The Morgan fingerprint density at radius 2 is 1.60 bits per heavy atom. The minimum Gasteiger partial charge on any atom is -0.376 e. The molecule has 0 radical (unpaired) electrons. The summed E-state index contributed by atoms with van der Waals surface area (Å²) in [6, 6.07) is 0. The second-order valence-corrected chi connectivity index (χ2v) is 2.05. The Labute approximate surface area is 59.1 Å². The average Bonchev–Trinajstić information content (AvgIpc) is 1.79. The fourth-order valence-electron chi connectivity index (χ4n) is 0.421. The molecule has 0 heterocycles. The van der Waals surface area contributed by atoms with Gasteiger partial charge in [0.05, 0.1) is 19.3 Å². The lowest BCUT2D eigenvalue weighted by Crippen LogP contribution is -2.11. The summed E-state index contributed by atoms with van der Waals surface area (Å²) in [6.07, 6.45) is 0.0706. The van der Waals surface area contributed by atoms with Crippen LogP contribution in [-0.2, 0) is 9.47 Å². The Hall–Kier alpha value is -0.220. The summed E-state index contributed by atoms with van der Waals surface area (Å²) < 4.78 is 31.4. The van der Waals surface area contributed by atoms with Gasteiger partial charge in [0.25, 0.3) is 0 Å². The van der Waals surface area contributed by atoms with E-state index < -0.39 is 6.61 Å². The number of halogens is 2. The molecule has 4 heteroatoms. The van der Waals surface area contributed by atoms with Crippen molar-refractivity contribution in [3.05, 3.63) is 0 Å². The standard InChI is InChI=1S/C6H12F2O2/c1-5(2)9-3-4-10-6(7)8/h5-6H,3-4H2,1-2H3. The van der Waals surface area contributed by atoms with Crippen LogP contribution in [0.15, 0.2) is 0 Å². The Morgan fingerprint density at radius 1 is 1.10 bits per heavy atom. The number of hydrogen-bond donors (Lipinski definition) is 0. The van der Waals surface area contributed by atoms with E-state index >= 15 is 0 Å². The maximum absolute atomic E-state index is 11.3. The Bertz CT molecular complexity index is 66.1. The third-order valence-electron chi connectivity index (χ3n) is 0.778. The molecule has 0 saturated carbocycles. The molecule has 0 fully saturated rings. The van der Waals surface area contributed by atoms with Crippen LogP contribution in [-0.4, -0.2) is 25.9 Å². The van der Waals surface area contributed by atoms with Crippen LogP contribution in [0, 0.1) is 0 Å². The number of ether oxygens (including phenoxy) is 2. The average molecular weight is 154 g/mol. The predicted molar refractivity (Wildman–Crippen MR) is 33.0 cm³/mol. The fraction of sp³-hybridized carbons (Fsp3) is 1.00. The summed E-state index contributed by atoms with van der Waals surface area (Å²) >= 11 is 0. The van der Waals surface area contributed by atoms with Gasteiger partial charge in [-0.2, -0.15) is 8.78 Å². The van der Waals surface area contributed by atoms with Gasteiger partial charge < -0.3 is 9.47 Å². The number of alkyl halides is 2.